The monoisotopic (exact) mass is 298 g/mol. The van der Waals surface area contributed by atoms with E-state index in [2.05, 4.69) is 15.9 Å². The highest BCUT2D eigenvalue weighted by molar-refractivity contribution is 9.10. The van der Waals surface area contributed by atoms with E-state index in [-0.39, 0.29) is 10.2 Å². The van der Waals surface area contributed by atoms with Crippen molar-refractivity contribution < 1.29 is 19.4 Å². The van der Waals surface area contributed by atoms with Gasteiger partial charge in [-0.3, -0.25) is 4.79 Å². The second-order valence-electron chi connectivity index (χ2n) is 6.53. The summed E-state index contributed by atoms with van der Waals surface area (Å²) in [6.07, 6.45) is 0. The fourth-order valence-corrected chi connectivity index (χ4v) is 8.56. The van der Waals surface area contributed by atoms with Gasteiger partial charge in [0.2, 0.25) is 0 Å². The van der Waals surface area contributed by atoms with Gasteiger partial charge in [-0.05, 0) is 23.7 Å². The zero-order valence-corrected chi connectivity index (χ0v) is 10.5. The lowest BCUT2D eigenvalue weighted by Gasteiger charge is -2.37. The molecule has 1 saturated heterocycles. The van der Waals surface area contributed by atoms with Crippen LogP contribution >= 0.6 is 15.9 Å². The largest absolute Gasteiger partial charge is 0.481 e. The van der Waals surface area contributed by atoms with Gasteiger partial charge in [0, 0.05) is 11.8 Å². The van der Waals surface area contributed by atoms with Gasteiger partial charge in [0.05, 0.1) is 23.0 Å². The lowest BCUT2D eigenvalue weighted by Crippen LogP contribution is -2.50. The highest BCUT2D eigenvalue weighted by atomic mass is 79.9. The first-order chi connectivity index (χ1) is 8.13. The fourth-order valence-electron chi connectivity index (χ4n) is 6.82. The highest BCUT2D eigenvalue weighted by Crippen LogP contribution is 3.04. The third kappa shape index (κ3) is 0.479. The summed E-state index contributed by atoms with van der Waals surface area (Å²) < 4.78 is 11.8. The number of halogens is 1. The molecule has 4 nitrogen and oxygen atoms in total. The smallest absolute Gasteiger partial charge is 0.310 e. The van der Waals surface area contributed by atoms with E-state index in [1.54, 1.807) is 0 Å². The minimum Gasteiger partial charge on any atom is -0.481 e. The van der Waals surface area contributed by atoms with Crippen LogP contribution in [0.5, 0.6) is 0 Å². The summed E-state index contributed by atoms with van der Waals surface area (Å²) in [6.45, 7) is 1.32. The quantitative estimate of drug-likeness (QED) is 0.724. The molecule has 0 unspecified atom stereocenters. The third-order valence-electron chi connectivity index (χ3n) is 6.74. The molecule has 7 fully saturated rings. The van der Waals surface area contributed by atoms with Crippen molar-refractivity contribution in [2.24, 2.45) is 40.9 Å². The summed E-state index contributed by atoms with van der Waals surface area (Å²) in [6, 6.07) is 0. The lowest BCUT2D eigenvalue weighted by molar-refractivity contribution is -0.193. The molecule has 0 aromatic carbocycles. The van der Waals surface area contributed by atoms with Gasteiger partial charge in [0.15, 0.2) is 5.79 Å². The van der Waals surface area contributed by atoms with Crippen LogP contribution in [0.1, 0.15) is 0 Å². The molecule has 1 aliphatic heterocycles. The number of carbonyl (C=O) groups is 1. The van der Waals surface area contributed by atoms with Crippen molar-refractivity contribution in [1.29, 1.82) is 0 Å². The van der Waals surface area contributed by atoms with Crippen LogP contribution in [0, 0.1) is 40.9 Å². The van der Waals surface area contributed by atoms with Crippen molar-refractivity contribution in [3.8, 4) is 0 Å². The van der Waals surface area contributed by atoms with Gasteiger partial charge in [-0.1, -0.05) is 15.9 Å². The topological polar surface area (TPSA) is 55.8 Å². The SMILES string of the molecule is O=C(O)[C@@]12[C@H]3[C@H]4[C@@H]5[C@H]1[C@H]2[C@](Br)([C@@H]43)C51OCCO1. The maximum absolute atomic E-state index is 11.6. The van der Waals surface area contributed by atoms with Gasteiger partial charge >= 0.3 is 5.97 Å². The Bertz CT molecular complexity index is 515. The zero-order valence-electron chi connectivity index (χ0n) is 8.93. The van der Waals surface area contributed by atoms with Gasteiger partial charge in [0.25, 0.3) is 0 Å². The van der Waals surface area contributed by atoms with E-state index in [0.717, 1.165) is 0 Å². The van der Waals surface area contributed by atoms with Gasteiger partial charge in [-0.25, -0.2) is 0 Å². The maximum atomic E-state index is 11.6. The Morgan fingerprint density at radius 2 is 1.88 bits per heavy atom. The molecule has 8 atom stereocenters. The fraction of sp³-hybridized carbons (Fsp3) is 0.917. The van der Waals surface area contributed by atoms with Crippen LogP contribution in [0.3, 0.4) is 0 Å². The van der Waals surface area contributed by atoms with Crippen LogP contribution in [-0.2, 0) is 14.3 Å². The van der Waals surface area contributed by atoms with Crippen LogP contribution in [0.15, 0.2) is 0 Å². The number of ether oxygens (including phenoxy) is 2. The summed E-state index contributed by atoms with van der Waals surface area (Å²) in [7, 11) is 0. The number of rotatable bonds is 1. The summed E-state index contributed by atoms with van der Waals surface area (Å²) in [4.78, 5) is 11.6. The summed E-state index contributed by atoms with van der Waals surface area (Å²) >= 11 is 3.90. The van der Waals surface area contributed by atoms with E-state index in [0.29, 0.717) is 42.8 Å². The van der Waals surface area contributed by atoms with Gasteiger partial charge in [-0.15, -0.1) is 0 Å². The van der Waals surface area contributed by atoms with Crippen molar-refractivity contribution >= 4 is 21.9 Å². The average molecular weight is 299 g/mol. The average Bonchev–Trinajstić information content (AvgIpc) is 2.97. The van der Waals surface area contributed by atoms with Crippen molar-refractivity contribution in [1.82, 2.24) is 0 Å². The molecule has 6 saturated carbocycles. The highest BCUT2D eigenvalue weighted by Gasteiger charge is 3.10. The molecule has 5 heteroatoms. The molecule has 1 spiro atoms. The van der Waals surface area contributed by atoms with Crippen LogP contribution in [0.2, 0.25) is 0 Å². The molecule has 7 aliphatic rings. The second kappa shape index (κ2) is 1.91. The van der Waals surface area contributed by atoms with Crippen LogP contribution in [0.25, 0.3) is 0 Å². The van der Waals surface area contributed by atoms with E-state index in [1.165, 1.54) is 0 Å². The second-order valence-corrected chi connectivity index (χ2v) is 7.84. The number of alkyl halides is 1. The minimum atomic E-state index is -0.568. The Hall–Kier alpha value is -0.130. The molecule has 17 heavy (non-hydrogen) atoms. The van der Waals surface area contributed by atoms with E-state index < -0.39 is 17.2 Å². The molecular formula is C12H11BrO4. The normalized spacial score (nSPS) is 73.5. The molecule has 0 radical (unpaired) electrons. The first-order valence-corrected chi connectivity index (χ1v) is 7.13. The number of carboxylic acid groups (broad SMARTS) is 1. The minimum absolute atomic E-state index is 0.181. The number of aliphatic carboxylic acids is 1. The Kier molecular flexibility index (Phi) is 0.998. The van der Waals surface area contributed by atoms with Crippen LogP contribution in [0.4, 0.5) is 0 Å². The lowest BCUT2D eigenvalue weighted by atomic mass is 9.94. The number of carboxylic acids is 1. The molecule has 0 amide bonds. The molecular weight excluding hydrogens is 288 g/mol. The first-order valence-electron chi connectivity index (χ1n) is 6.33. The van der Waals surface area contributed by atoms with Gasteiger partial charge in [0.1, 0.15) is 0 Å². The Morgan fingerprint density at radius 3 is 2.29 bits per heavy atom. The van der Waals surface area contributed by atoms with E-state index >= 15 is 0 Å². The van der Waals surface area contributed by atoms with Crippen LogP contribution in [-0.4, -0.2) is 34.4 Å². The molecule has 1 N–H and O–H groups in total. The van der Waals surface area contributed by atoms with Crippen molar-refractivity contribution in [2.45, 2.75) is 10.1 Å². The summed E-state index contributed by atoms with van der Waals surface area (Å²) in [5.74, 6) is 1.35. The maximum Gasteiger partial charge on any atom is 0.310 e. The van der Waals surface area contributed by atoms with E-state index in [4.69, 9.17) is 9.47 Å². The van der Waals surface area contributed by atoms with Gasteiger partial charge in [-0.2, -0.15) is 0 Å². The predicted octanol–water partition coefficient (Wildman–Crippen LogP) is 0.699. The molecule has 90 valence electrons. The Labute approximate surface area is 106 Å². The first kappa shape index (κ1) is 8.88. The molecule has 2 bridgehead atoms. The van der Waals surface area contributed by atoms with Crippen molar-refractivity contribution in [2.75, 3.05) is 13.2 Å². The zero-order chi connectivity index (χ0) is 11.4. The number of hydrogen-bond donors (Lipinski definition) is 1. The van der Waals surface area contributed by atoms with Crippen LogP contribution < -0.4 is 0 Å². The van der Waals surface area contributed by atoms with Gasteiger partial charge < -0.3 is 14.6 Å². The van der Waals surface area contributed by atoms with E-state index in [9.17, 15) is 9.90 Å². The summed E-state index contributed by atoms with van der Waals surface area (Å²) in [5.41, 5.74) is -0.399. The number of hydrogen-bond acceptors (Lipinski definition) is 3. The van der Waals surface area contributed by atoms with E-state index in [1.807, 2.05) is 0 Å². The predicted molar refractivity (Wildman–Crippen MR) is 57.3 cm³/mol. The molecule has 0 aromatic rings. The Balaban J connectivity index is 1.63. The summed E-state index contributed by atoms with van der Waals surface area (Å²) in [5, 5.41) is 9.59. The van der Waals surface area contributed by atoms with Crippen molar-refractivity contribution in [3.63, 3.8) is 0 Å². The molecule has 1 heterocycles. The van der Waals surface area contributed by atoms with Crippen molar-refractivity contribution in [3.05, 3.63) is 0 Å². The third-order valence-corrected chi connectivity index (χ3v) is 8.32. The standard InChI is InChI=1S/C12H11BrO4/c13-11-5-3-4(5)10(9(14)15)7(8(10)11)6(3)12(11)16-1-2-17-12/h3-8H,1-2H2,(H,14,15)/t3-,4+,5+,6-,7+,8-,10+,11-/m1/s1. The Morgan fingerprint density at radius 1 is 1.18 bits per heavy atom. The molecule has 0 aromatic heterocycles. The molecule has 6 aliphatic carbocycles. The molecule has 7 rings (SSSR count).